The number of carbonyl (C=O) groups excluding carboxylic acids is 1. The number of fused-ring (bicyclic) bond motifs is 1. The van der Waals surface area contributed by atoms with Crippen molar-refractivity contribution in [2.45, 2.75) is 13.0 Å². The van der Waals surface area contributed by atoms with Crippen molar-refractivity contribution < 1.29 is 9.18 Å². The Morgan fingerprint density at radius 2 is 2.23 bits per heavy atom. The summed E-state index contributed by atoms with van der Waals surface area (Å²) in [5.41, 5.74) is 7.37. The van der Waals surface area contributed by atoms with Crippen LogP contribution in [0.1, 0.15) is 28.9 Å². The van der Waals surface area contributed by atoms with E-state index in [0.29, 0.717) is 22.3 Å². The van der Waals surface area contributed by atoms with Crippen molar-refractivity contribution in [2.75, 3.05) is 5.32 Å². The molecule has 1 aromatic carbocycles. The fourth-order valence-corrected chi connectivity index (χ4v) is 2.19. The minimum absolute atomic E-state index is 0.218. The van der Waals surface area contributed by atoms with Crippen LogP contribution in [0.5, 0.6) is 0 Å². The highest BCUT2D eigenvalue weighted by Crippen LogP contribution is 2.21. The maximum atomic E-state index is 13.9. The highest BCUT2D eigenvalue weighted by molar-refractivity contribution is 6.08. The van der Waals surface area contributed by atoms with Gasteiger partial charge in [-0.2, -0.15) is 5.10 Å². The standard InChI is InChI=1S/C15H14FN5O/c1-8(17)10-3-2-9(6-12(10)16)15(22)20-13-4-5-18-14-11(13)7-19-21-14/h2-8H,17H2,1H3,(H2,18,19,20,21,22). The largest absolute Gasteiger partial charge is 0.324 e. The molecule has 4 N–H and O–H groups in total. The molecule has 0 aliphatic heterocycles. The second-order valence-electron chi connectivity index (χ2n) is 4.97. The van der Waals surface area contributed by atoms with Crippen LogP contribution in [-0.4, -0.2) is 21.1 Å². The number of hydrogen-bond donors (Lipinski definition) is 3. The third kappa shape index (κ3) is 2.53. The van der Waals surface area contributed by atoms with Crippen LogP contribution in [-0.2, 0) is 0 Å². The smallest absolute Gasteiger partial charge is 0.255 e. The van der Waals surface area contributed by atoms with E-state index in [2.05, 4.69) is 20.5 Å². The van der Waals surface area contributed by atoms with Crippen molar-refractivity contribution in [1.82, 2.24) is 15.2 Å². The number of carbonyl (C=O) groups is 1. The molecule has 22 heavy (non-hydrogen) atoms. The molecular weight excluding hydrogens is 285 g/mol. The number of benzene rings is 1. The fraction of sp³-hybridized carbons (Fsp3) is 0.133. The van der Waals surface area contributed by atoms with E-state index in [9.17, 15) is 9.18 Å². The van der Waals surface area contributed by atoms with E-state index in [1.807, 2.05) is 0 Å². The van der Waals surface area contributed by atoms with Crippen LogP contribution in [0.15, 0.2) is 36.7 Å². The quantitative estimate of drug-likeness (QED) is 0.691. The Bertz CT molecular complexity index is 843. The maximum absolute atomic E-state index is 13.9. The minimum Gasteiger partial charge on any atom is -0.324 e. The van der Waals surface area contributed by atoms with Crippen molar-refractivity contribution in [1.29, 1.82) is 0 Å². The zero-order chi connectivity index (χ0) is 15.7. The van der Waals surface area contributed by atoms with E-state index >= 15 is 0 Å². The second-order valence-corrected chi connectivity index (χ2v) is 4.97. The molecule has 0 fully saturated rings. The summed E-state index contributed by atoms with van der Waals surface area (Å²) in [5.74, 6) is -0.908. The van der Waals surface area contributed by atoms with Gasteiger partial charge >= 0.3 is 0 Å². The van der Waals surface area contributed by atoms with Gasteiger partial charge in [0, 0.05) is 23.4 Å². The minimum atomic E-state index is -0.495. The van der Waals surface area contributed by atoms with Crippen molar-refractivity contribution >= 4 is 22.6 Å². The highest BCUT2D eigenvalue weighted by atomic mass is 19.1. The number of aromatic nitrogens is 3. The van der Waals surface area contributed by atoms with Gasteiger partial charge in [0.25, 0.3) is 5.91 Å². The average Bonchev–Trinajstić information content (AvgIpc) is 2.96. The monoisotopic (exact) mass is 299 g/mol. The number of nitrogens with two attached hydrogens (primary N) is 1. The average molecular weight is 299 g/mol. The van der Waals surface area contributed by atoms with Crippen molar-refractivity contribution in [3.8, 4) is 0 Å². The Labute approximate surface area is 125 Å². The number of nitrogens with zero attached hydrogens (tertiary/aromatic N) is 2. The lowest BCUT2D eigenvalue weighted by molar-refractivity contribution is 0.102. The second kappa shape index (κ2) is 5.53. The van der Waals surface area contributed by atoms with Crippen molar-refractivity contribution in [2.24, 2.45) is 5.73 Å². The third-order valence-corrected chi connectivity index (χ3v) is 3.36. The fourth-order valence-electron chi connectivity index (χ4n) is 2.19. The lowest BCUT2D eigenvalue weighted by Gasteiger charge is -2.10. The predicted octanol–water partition coefficient (Wildman–Crippen LogP) is 2.37. The molecule has 6 nitrogen and oxygen atoms in total. The predicted molar refractivity (Wildman–Crippen MR) is 80.8 cm³/mol. The molecule has 0 aliphatic carbocycles. The molecule has 0 bridgehead atoms. The van der Waals surface area contributed by atoms with E-state index in [0.717, 1.165) is 0 Å². The molecule has 2 heterocycles. The van der Waals surface area contributed by atoms with Crippen LogP contribution in [0, 0.1) is 5.82 Å². The summed E-state index contributed by atoms with van der Waals surface area (Å²) in [6.07, 6.45) is 3.12. The first kappa shape index (κ1) is 14.2. The lowest BCUT2D eigenvalue weighted by atomic mass is 10.1. The molecule has 0 radical (unpaired) electrons. The van der Waals surface area contributed by atoms with Gasteiger partial charge in [0.05, 0.1) is 17.3 Å². The van der Waals surface area contributed by atoms with Gasteiger partial charge in [-0.1, -0.05) is 6.07 Å². The van der Waals surface area contributed by atoms with Crippen LogP contribution in [0.25, 0.3) is 11.0 Å². The van der Waals surface area contributed by atoms with Crippen LogP contribution in [0.2, 0.25) is 0 Å². The van der Waals surface area contributed by atoms with Gasteiger partial charge in [-0.15, -0.1) is 0 Å². The maximum Gasteiger partial charge on any atom is 0.255 e. The first-order chi connectivity index (χ1) is 10.6. The van der Waals surface area contributed by atoms with E-state index in [4.69, 9.17) is 5.73 Å². The molecule has 3 rings (SSSR count). The molecule has 0 aliphatic rings. The number of halogens is 1. The molecule has 7 heteroatoms. The summed E-state index contributed by atoms with van der Waals surface area (Å²) >= 11 is 0. The molecule has 112 valence electrons. The third-order valence-electron chi connectivity index (χ3n) is 3.36. The molecule has 1 amide bonds. The highest BCUT2D eigenvalue weighted by Gasteiger charge is 2.13. The SMILES string of the molecule is CC(N)c1ccc(C(=O)Nc2ccnc3[nH]ncc23)cc1F. The zero-order valence-electron chi connectivity index (χ0n) is 11.8. The number of hydrogen-bond acceptors (Lipinski definition) is 4. The van der Waals surface area contributed by atoms with Crippen LogP contribution in [0.3, 0.4) is 0 Å². The Morgan fingerprint density at radius 3 is 2.95 bits per heavy atom. The Morgan fingerprint density at radius 1 is 1.41 bits per heavy atom. The summed E-state index contributed by atoms with van der Waals surface area (Å²) in [4.78, 5) is 16.3. The summed E-state index contributed by atoms with van der Waals surface area (Å²) in [6.45, 7) is 1.69. The molecule has 3 aromatic rings. The molecule has 0 saturated heterocycles. The Hall–Kier alpha value is -2.80. The van der Waals surface area contributed by atoms with Crippen LogP contribution >= 0.6 is 0 Å². The van der Waals surface area contributed by atoms with Crippen molar-refractivity contribution in [3.05, 3.63) is 53.6 Å². The molecule has 1 atom stereocenters. The zero-order valence-corrected chi connectivity index (χ0v) is 11.8. The number of amides is 1. The normalized spacial score (nSPS) is 12.3. The number of H-pyrrole nitrogens is 1. The summed E-state index contributed by atoms with van der Waals surface area (Å²) in [6, 6.07) is 5.48. The molecule has 0 spiro atoms. The Balaban J connectivity index is 1.89. The molecule has 1 unspecified atom stereocenters. The molecule has 2 aromatic heterocycles. The number of rotatable bonds is 3. The van der Waals surface area contributed by atoms with Gasteiger partial charge in [-0.25, -0.2) is 9.37 Å². The summed E-state index contributed by atoms with van der Waals surface area (Å²) in [7, 11) is 0. The Kier molecular flexibility index (Phi) is 3.56. The van der Waals surface area contributed by atoms with Crippen molar-refractivity contribution in [3.63, 3.8) is 0 Å². The van der Waals surface area contributed by atoms with Crippen LogP contribution in [0.4, 0.5) is 10.1 Å². The topological polar surface area (TPSA) is 96.7 Å². The molecule has 0 saturated carbocycles. The van der Waals surface area contributed by atoms with Crippen LogP contribution < -0.4 is 11.1 Å². The van der Waals surface area contributed by atoms with Gasteiger partial charge in [0.15, 0.2) is 5.65 Å². The van der Waals surface area contributed by atoms with Gasteiger partial charge in [0.1, 0.15) is 5.82 Å². The van der Waals surface area contributed by atoms with E-state index < -0.39 is 17.8 Å². The first-order valence-corrected chi connectivity index (χ1v) is 6.70. The number of anilines is 1. The van der Waals surface area contributed by atoms with E-state index in [1.54, 1.807) is 31.5 Å². The number of aromatic amines is 1. The van der Waals surface area contributed by atoms with Gasteiger partial charge in [0.2, 0.25) is 0 Å². The number of pyridine rings is 1. The first-order valence-electron chi connectivity index (χ1n) is 6.70. The van der Waals surface area contributed by atoms with Gasteiger partial charge < -0.3 is 11.1 Å². The van der Waals surface area contributed by atoms with E-state index in [-0.39, 0.29) is 5.56 Å². The lowest BCUT2D eigenvalue weighted by Crippen LogP contribution is -2.14. The summed E-state index contributed by atoms with van der Waals surface area (Å²) in [5, 5.41) is 10.0. The van der Waals surface area contributed by atoms with Gasteiger partial charge in [-0.05, 0) is 25.1 Å². The van der Waals surface area contributed by atoms with Gasteiger partial charge in [-0.3, -0.25) is 9.89 Å². The van der Waals surface area contributed by atoms with E-state index in [1.165, 1.54) is 12.1 Å². The molecular formula is C15H14FN5O. The summed E-state index contributed by atoms with van der Waals surface area (Å²) < 4.78 is 13.9. The number of nitrogens with one attached hydrogen (secondary N) is 2.